The first kappa shape index (κ1) is 17.2. The maximum absolute atomic E-state index is 12.0. The van der Waals surface area contributed by atoms with Gasteiger partial charge in [0.25, 0.3) is 0 Å². The lowest BCUT2D eigenvalue weighted by atomic mass is 10.1. The quantitative estimate of drug-likeness (QED) is 0.747. The Morgan fingerprint density at radius 1 is 1.10 bits per heavy atom. The molecule has 0 aliphatic carbocycles. The Bertz CT molecular complexity index is 493. The number of benzene rings is 1. The van der Waals surface area contributed by atoms with Gasteiger partial charge in [-0.25, -0.2) is 0 Å². The zero-order chi connectivity index (χ0) is 15.9. The molecule has 0 heterocycles. The molecule has 0 spiro atoms. The van der Waals surface area contributed by atoms with Crippen molar-refractivity contribution in [2.45, 2.75) is 39.2 Å². The number of anilines is 1. The van der Waals surface area contributed by atoms with Crippen LogP contribution in [0.25, 0.3) is 0 Å². The van der Waals surface area contributed by atoms with Gasteiger partial charge in [0.2, 0.25) is 11.8 Å². The van der Waals surface area contributed by atoms with Crippen LogP contribution in [0.1, 0.15) is 32.8 Å². The van der Waals surface area contributed by atoms with Crippen LogP contribution in [0.2, 0.25) is 0 Å². The first-order valence-corrected chi connectivity index (χ1v) is 7.15. The second-order valence-electron chi connectivity index (χ2n) is 5.98. The predicted molar refractivity (Wildman–Crippen MR) is 85.2 cm³/mol. The molecule has 21 heavy (non-hydrogen) atoms. The summed E-state index contributed by atoms with van der Waals surface area (Å²) in [4.78, 5) is 23.4. The number of para-hydroxylation sites is 1. The van der Waals surface area contributed by atoms with Gasteiger partial charge >= 0.3 is 0 Å². The van der Waals surface area contributed by atoms with Gasteiger partial charge in [-0.1, -0.05) is 18.2 Å². The second kappa shape index (κ2) is 7.78. The van der Waals surface area contributed by atoms with Crippen LogP contribution in [-0.4, -0.2) is 30.9 Å². The highest BCUT2D eigenvalue weighted by atomic mass is 16.2. The lowest BCUT2D eigenvalue weighted by Gasteiger charge is -2.20. The summed E-state index contributed by atoms with van der Waals surface area (Å²) in [5.74, 6) is -0.137. The molecule has 0 saturated heterocycles. The van der Waals surface area contributed by atoms with Crippen LogP contribution in [0.15, 0.2) is 24.3 Å². The predicted octanol–water partition coefficient (Wildman–Crippen LogP) is 1.69. The number of carbonyl (C=O) groups is 2. The first-order chi connectivity index (χ1) is 9.81. The fraction of sp³-hybridized carbons (Fsp3) is 0.500. The third-order valence-corrected chi connectivity index (χ3v) is 2.93. The van der Waals surface area contributed by atoms with Gasteiger partial charge in [0, 0.05) is 31.2 Å². The van der Waals surface area contributed by atoms with Gasteiger partial charge < -0.3 is 16.0 Å². The zero-order valence-electron chi connectivity index (χ0n) is 13.2. The highest BCUT2D eigenvalue weighted by Crippen LogP contribution is 2.16. The van der Waals surface area contributed by atoms with Gasteiger partial charge in [-0.3, -0.25) is 9.59 Å². The van der Waals surface area contributed by atoms with Crippen molar-refractivity contribution in [2.24, 2.45) is 0 Å². The fourth-order valence-electron chi connectivity index (χ4n) is 1.82. The van der Waals surface area contributed by atoms with Gasteiger partial charge in [0.15, 0.2) is 0 Å². The van der Waals surface area contributed by atoms with E-state index in [-0.39, 0.29) is 23.8 Å². The Hall–Kier alpha value is -1.88. The summed E-state index contributed by atoms with van der Waals surface area (Å²) in [5.41, 5.74) is 1.51. The lowest BCUT2D eigenvalue weighted by molar-refractivity contribution is -0.120. The molecule has 0 bridgehead atoms. The number of hydrogen-bond donors (Lipinski definition) is 3. The van der Waals surface area contributed by atoms with E-state index in [0.29, 0.717) is 18.7 Å². The van der Waals surface area contributed by atoms with Gasteiger partial charge in [0.05, 0.1) is 6.42 Å². The van der Waals surface area contributed by atoms with E-state index in [1.54, 1.807) is 7.05 Å². The Kier molecular flexibility index (Phi) is 6.37. The molecule has 3 N–H and O–H groups in total. The molecular weight excluding hydrogens is 266 g/mol. The van der Waals surface area contributed by atoms with E-state index in [0.717, 1.165) is 5.56 Å². The van der Waals surface area contributed by atoms with Gasteiger partial charge in [-0.05, 0) is 32.4 Å². The maximum Gasteiger partial charge on any atom is 0.225 e. The summed E-state index contributed by atoms with van der Waals surface area (Å²) in [5, 5.41) is 8.72. The Labute approximate surface area is 126 Å². The van der Waals surface area contributed by atoms with Crippen molar-refractivity contribution >= 4 is 17.5 Å². The molecule has 1 rings (SSSR count). The highest BCUT2D eigenvalue weighted by Gasteiger charge is 2.11. The van der Waals surface area contributed by atoms with Crippen LogP contribution in [0.3, 0.4) is 0 Å². The first-order valence-electron chi connectivity index (χ1n) is 7.15. The Morgan fingerprint density at radius 3 is 2.38 bits per heavy atom. The van der Waals surface area contributed by atoms with Crippen molar-refractivity contribution in [2.75, 3.05) is 18.9 Å². The van der Waals surface area contributed by atoms with Gasteiger partial charge in [-0.2, -0.15) is 0 Å². The summed E-state index contributed by atoms with van der Waals surface area (Å²) in [6.07, 6.45) is 0.652. The number of carbonyl (C=O) groups excluding carboxylic acids is 2. The number of nitrogens with one attached hydrogen (secondary N) is 3. The minimum Gasteiger partial charge on any atom is -0.359 e. The standard InChI is InChI=1S/C16H25N3O2/c1-16(2,3)18-10-9-14(20)19-13-8-6-5-7-12(13)11-15(21)17-4/h5-8,18H,9-11H2,1-4H3,(H,17,21)(H,19,20). The summed E-state index contributed by atoms with van der Waals surface area (Å²) < 4.78 is 0. The normalized spacial score (nSPS) is 11.0. The average Bonchev–Trinajstić information content (AvgIpc) is 2.39. The summed E-state index contributed by atoms with van der Waals surface area (Å²) in [6, 6.07) is 7.36. The Balaban J connectivity index is 2.57. The van der Waals surface area contributed by atoms with E-state index in [1.165, 1.54) is 0 Å². The molecule has 1 aromatic carbocycles. The van der Waals surface area contributed by atoms with Crippen LogP contribution in [0.5, 0.6) is 0 Å². The molecule has 0 aliphatic heterocycles. The summed E-state index contributed by atoms with van der Waals surface area (Å²) in [6.45, 7) is 6.80. The number of amides is 2. The summed E-state index contributed by atoms with van der Waals surface area (Å²) >= 11 is 0. The summed E-state index contributed by atoms with van der Waals surface area (Å²) in [7, 11) is 1.60. The lowest BCUT2D eigenvalue weighted by Crippen LogP contribution is -2.37. The SMILES string of the molecule is CNC(=O)Cc1ccccc1NC(=O)CCNC(C)(C)C. The largest absolute Gasteiger partial charge is 0.359 e. The molecule has 0 unspecified atom stereocenters. The van der Waals surface area contributed by atoms with Crippen LogP contribution in [-0.2, 0) is 16.0 Å². The topological polar surface area (TPSA) is 70.2 Å². The minimum absolute atomic E-state index is 0.00258. The smallest absolute Gasteiger partial charge is 0.225 e. The van der Waals surface area contributed by atoms with Crippen molar-refractivity contribution in [1.82, 2.24) is 10.6 Å². The molecule has 5 heteroatoms. The number of likely N-dealkylation sites (N-methyl/N-ethyl adjacent to an activating group) is 1. The van der Waals surface area contributed by atoms with Crippen molar-refractivity contribution in [3.05, 3.63) is 29.8 Å². The molecule has 116 valence electrons. The average molecular weight is 291 g/mol. The van der Waals surface area contributed by atoms with E-state index >= 15 is 0 Å². The van der Waals surface area contributed by atoms with E-state index in [9.17, 15) is 9.59 Å². The molecule has 0 fully saturated rings. The minimum atomic E-state index is -0.0777. The molecular formula is C16H25N3O2. The second-order valence-corrected chi connectivity index (χ2v) is 5.98. The monoisotopic (exact) mass is 291 g/mol. The molecule has 0 atom stereocenters. The number of hydrogen-bond acceptors (Lipinski definition) is 3. The molecule has 0 aliphatic rings. The van der Waals surface area contributed by atoms with Crippen molar-refractivity contribution in [1.29, 1.82) is 0 Å². The molecule has 0 saturated carbocycles. The van der Waals surface area contributed by atoms with Crippen molar-refractivity contribution < 1.29 is 9.59 Å². The van der Waals surface area contributed by atoms with E-state index in [4.69, 9.17) is 0 Å². The molecule has 0 radical (unpaired) electrons. The van der Waals surface area contributed by atoms with Crippen LogP contribution in [0.4, 0.5) is 5.69 Å². The van der Waals surface area contributed by atoms with Crippen molar-refractivity contribution in [3.63, 3.8) is 0 Å². The molecule has 2 amide bonds. The number of rotatable bonds is 6. The van der Waals surface area contributed by atoms with Crippen LogP contribution < -0.4 is 16.0 Å². The van der Waals surface area contributed by atoms with Crippen molar-refractivity contribution in [3.8, 4) is 0 Å². The van der Waals surface area contributed by atoms with Gasteiger partial charge in [0.1, 0.15) is 0 Å². The molecule has 0 aromatic heterocycles. The molecule has 5 nitrogen and oxygen atoms in total. The maximum atomic E-state index is 12.0. The van der Waals surface area contributed by atoms with E-state index in [2.05, 4.69) is 36.7 Å². The van der Waals surface area contributed by atoms with Gasteiger partial charge in [-0.15, -0.1) is 0 Å². The highest BCUT2D eigenvalue weighted by molar-refractivity contribution is 5.92. The third kappa shape index (κ3) is 6.90. The third-order valence-electron chi connectivity index (χ3n) is 2.93. The molecule has 1 aromatic rings. The fourth-order valence-corrected chi connectivity index (χ4v) is 1.82. The van der Waals surface area contributed by atoms with Crippen LogP contribution in [0, 0.1) is 0 Å². The zero-order valence-corrected chi connectivity index (χ0v) is 13.2. The van der Waals surface area contributed by atoms with Crippen LogP contribution >= 0.6 is 0 Å². The Morgan fingerprint density at radius 2 is 1.76 bits per heavy atom. The van der Waals surface area contributed by atoms with E-state index < -0.39 is 0 Å². The van der Waals surface area contributed by atoms with E-state index in [1.807, 2.05) is 24.3 Å².